The van der Waals surface area contributed by atoms with Crippen LogP contribution >= 0.6 is 22.7 Å². The maximum absolute atomic E-state index is 13.0. The SMILES string of the molecule is CCOc1ccc(-c2csc(NC(=O)c3sc4nc(-c5ccc(OC)cc5)ccc4c3N)n2)cc1. The number of rotatable bonds is 7. The predicted molar refractivity (Wildman–Crippen MR) is 143 cm³/mol. The van der Waals surface area contributed by atoms with Crippen molar-refractivity contribution >= 4 is 49.6 Å². The molecule has 1 amide bonds. The summed E-state index contributed by atoms with van der Waals surface area (Å²) in [5.74, 6) is 1.29. The number of carbonyl (C=O) groups is 1. The number of nitrogens with one attached hydrogen (secondary N) is 1. The highest BCUT2D eigenvalue weighted by molar-refractivity contribution is 7.21. The number of carbonyl (C=O) groups excluding carboxylic acids is 1. The number of thiazole rings is 1. The first-order valence-electron chi connectivity index (χ1n) is 10.9. The predicted octanol–water partition coefficient (Wildman–Crippen LogP) is 6.33. The van der Waals surface area contributed by atoms with Crippen LogP contribution in [-0.4, -0.2) is 29.6 Å². The standard InChI is InChI=1S/C26H22N4O3S2/c1-3-33-18-10-6-16(7-11-18)21-14-34-26(29-21)30-24(31)23-22(27)19-12-13-20(28-25(19)35-23)15-4-8-17(32-2)9-5-15/h4-14H,3,27H2,1-2H3,(H,29,30,31). The van der Waals surface area contributed by atoms with Crippen molar-refractivity contribution in [2.45, 2.75) is 6.92 Å². The second-order valence-electron chi connectivity index (χ2n) is 7.57. The van der Waals surface area contributed by atoms with Crippen molar-refractivity contribution < 1.29 is 14.3 Å². The number of nitrogen functional groups attached to an aromatic ring is 1. The van der Waals surface area contributed by atoms with Crippen LogP contribution in [0.1, 0.15) is 16.6 Å². The summed E-state index contributed by atoms with van der Waals surface area (Å²) in [6.07, 6.45) is 0. The summed E-state index contributed by atoms with van der Waals surface area (Å²) < 4.78 is 10.7. The van der Waals surface area contributed by atoms with E-state index in [-0.39, 0.29) is 5.91 Å². The van der Waals surface area contributed by atoms with Gasteiger partial charge in [0.1, 0.15) is 21.2 Å². The Hall–Kier alpha value is -3.95. The molecule has 0 atom stereocenters. The van der Waals surface area contributed by atoms with Crippen LogP contribution in [0.4, 0.5) is 10.8 Å². The van der Waals surface area contributed by atoms with Gasteiger partial charge in [0, 0.05) is 21.9 Å². The summed E-state index contributed by atoms with van der Waals surface area (Å²) in [6, 6.07) is 19.2. The summed E-state index contributed by atoms with van der Waals surface area (Å²) in [5.41, 5.74) is 10.2. The molecule has 0 fully saturated rings. The van der Waals surface area contributed by atoms with Crippen molar-refractivity contribution in [1.29, 1.82) is 0 Å². The minimum atomic E-state index is -0.302. The van der Waals surface area contributed by atoms with E-state index < -0.39 is 0 Å². The van der Waals surface area contributed by atoms with Gasteiger partial charge in [0.15, 0.2) is 5.13 Å². The smallest absolute Gasteiger partial charge is 0.269 e. The molecule has 0 aliphatic carbocycles. The van der Waals surface area contributed by atoms with Crippen LogP contribution in [0.25, 0.3) is 32.7 Å². The second kappa shape index (κ2) is 9.73. The van der Waals surface area contributed by atoms with E-state index in [0.717, 1.165) is 39.4 Å². The Morgan fingerprint density at radius 3 is 2.31 bits per heavy atom. The molecule has 0 unspecified atom stereocenters. The maximum Gasteiger partial charge on any atom is 0.269 e. The maximum atomic E-state index is 13.0. The number of anilines is 2. The third-order valence-corrected chi connectivity index (χ3v) is 7.24. The van der Waals surface area contributed by atoms with Crippen LogP contribution in [-0.2, 0) is 0 Å². The van der Waals surface area contributed by atoms with Gasteiger partial charge >= 0.3 is 0 Å². The Morgan fingerprint density at radius 2 is 1.63 bits per heavy atom. The summed E-state index contributed by atoms with van der Waals surface area (Å²) in [5, 5.41) is 6.04. The molecule has 176 valence electrons. The fraction of sp³-hybridized carbons (Fsp3) is 0.115. The van der Waals surface area contributed by atoms with E-state index in [1.807, 2.05) is 73.0 Å². The fourth-order valence-electron chi connectivity index (χ4n) is 3.59. The van der Waals surface area contributed by atoms with E-state index in [4.69, 9.17) is 20.2 Å². The van der Waals surface area contributed by atoms with Crippen molar-refractivity contribution in [2.24, 2.45) is 0 Å². The molecule has 5 rings (SSSR count). The molecule has 0 aliphatic heterocycles. The number of amides is 1. The molecule has 0 saturated carbocycles. The van der Waals surface area contributed by atoms with Crippen molar-refractivity contribution in [3.05, 3.63) is 70.9 Å². The van der Waals surface area contributed by atoms with Gasteiger partial charge in [-0.3, -0.25) is 10.1 Å². The molecule has 9 heteroatoms. The normalized spacial score (nSPS) is 10.9. The lowest BCUT2D eigenvalue weighted by molar-refractivity contribution is 0.103. The molecule has 35 heavy (non-hydrogen) atoms. The highest BCUT2D eigenvalue weighted by Crippen LogP contribution is 2.35. The molecular weight excluding hydrogens is 480 g/mol. The Morgan fingerprint density at radius 1 is 0.943 bits per heavy atom. The van der Waals surface area contributed by atoms with Crippen LogP contribution in [0.15, 0.2) is 66.0 Å². The van der Waals surface area contributed by atoms with Crippen molar-refractivity contribution in [3.8, 4) is 34.0 Å². The van der Waals surface area contributed by atoms with Gasteiger partial charge in [-0.15, -0.1) is 22.7 Å². The quantitative estimate of drug-likeness (QED) is 0.270. The second-order valence-corrected chi connectivity index (χ2v) is 9.43. The lowest BCUT2D eigenvalue weighted by atomic mass is 10.1. The number of aromatic nitrogens is 2. The minimum absolute atomic E-state index is 0.302. The Bertz CT molecular complexity index is 1490. The number of fused-ring (bicyclic) bond motifs is 1. The van der Waals surface area contributed by atoms with E-state index in [2.05, 4.69) is 10.3 Å². The number of methoxy groups -OCH3 is 1. The monoisotopic (exact) mass is 502 g/mol. The van der Waals surface area contributed by atoms with Gasteiger partial charge in [-0.05, 0) is 67.6 Å². The van der Waals surface area contributed by atoms with Gasteiger partial charge in [-0.2, -0.15) is 0 Å². The van der Waals surface area contributed by atoms with E-state index in [0.29, 0.717) is 27.1 Å². The summed E-state index contributed by atoms with van der Waals surface area (Å²) in [6.45, 7) is 2.56. The van der Waals surface area contributed by atoms with Gasteiger partial charge in [0.05, 0.1) is 30.8 Å². The molecule has 0 bridgehead atoms. The number of pyridine rings is 1. The van der Waals surface area contributed by atoms with Gasteiger partial charge in [0.25, 0.3) is 5.91 Å². The summed E-state index contributed by atoms with van der Waals surface area (Å²) >= 11 is 2.63. The van der Waals surface area contributed by atoms with Crippen LogP contribution in [0.5, 0.6) is 11.5 Å². The third-order valence-electron chi connectivity index (χ3n) is 5.37. The number of hydrogen-bond donors (Lipinski definition) is 2. The highest BCUT2D eigenvalue weighted by atomic mass is 32.1. The molecule has 0 aliphatic rings. The third kappa shape index (κ3) is 4.68. The average molecular weight is 503 g/mol. The topological polar surface area (TPSA) is 99.4 Å². The van der Waals surface area contributed by atoms with E-state index in [1.54, 1.807) is 7.11 Å². The van der Waals surface area contributed by atoms with Gasteiger partial charge in [0.2, 0.25) is 0 Å². The molecule has 3 heterocycles. The molecule has 5 aromatic rings. The lowest BCUT2D eigenvalue weighted by Crippen LogP contribution is -2.11. The molecule has 3 N–H and O–H groups in total. The zero-order valence-electron chi connectivity index (χ0n) is 19.1. The molecule has 2 aromatic carbocycles. The van der Waals surface area contributed by atoms with Crippen molar-refractivity contribution in [3.63, 3.8) is 0 Å². The molecular formula is C26H22N4O3S2. The van der Waals surface area contributed by atoms with Gasteiger partial charge < -0.3 is 15.2 Å². The highest BCUT2D eigenvalue weighted by Gasteiger charge is 2.19. The molecule has 0 spiro atoms. The van der Waals surface area contributed by atoms with Crippen LogP contribution in [0.2, 0.25) is 0 Å². The number of hydrogen-bond acceptors (Lipinski definition) is 8. The van der Waals surface area contributed by atoms with Crippen LogP contribution in [0.3, 0.4) is 0 Å². The average Bonchev–Trinajstić information content (AvgIpc) is 3.49. The van der Waals surface area contributed by atoms with Gasteiger partial charge in [-0.1, -0.05) is 0 Å². The number of thiophene rings is 1. The number of nitrogens with two attached hydrogens (primary N) is 1. The van der Waals surface area contributed by atoms with Crippen LogP contribution < -0.4 is 20.5 Å². The Labute approximate surface area is 210 Å². The number of benzene rings is 2. The first-order chi connectivity index (χ1) is 17.1. The fourth-order valence-corrected chi connectivity index (χ4v) is 5.30. The van der Waals surface area contributed by atoms with Crippen molar-refractivity contribution in [2.75, 3.05) is 24.8 Å². The molecule has 0 radical (unpaired) electrons. The zero-order valence-corrected chi connectivity index (χ0v) is 20.7. The first-order valence-corrected chi connectivity index (χ1v) is 12.6. The largest absolute Gasteiger partial charge is 0.497 e. The summed E-state index contributed by atoms with van der Waals surface area (Å²) in [7, 11) is 1.63. The Kier molecular flexibility index (Phi) is 6.35. The van der Waals surface area contributed by atoms with E-state index in [1.165, 1.54) is 22.7 Å². The van der Waals surface area contributed by atoms with E-state index in [9.17, 15) is 4.79 Å². The zero-order chi connectivity index (χ0) is 24.4. The Balaban J connectivity index is 1.35. The minimum Gasteiger partial charge on any atom is -0.497 e. The first kappa shape index (κ1) is 22.8. The number of nitrogens with zero attached hydrogens (tertiary/aromatic N) is 2. The van der Waals surface area contributed by atoms with Crippen LogP contribution in [0, 0.1) is 0 Å². The molecule has 7 nitrogen and oxygen atoms in total. The summed E-state index contributed by atoms with van der Waals surface area (Å²) in [4.78, 5) is 23.4. The molecule has 3 aromatic heterocycles. The molecule has 0 saturated heterocycles. The van der Waals surface area contributed by atoms with Crippen molar-refractivity contribution in [1.82, 2.24) is 9.97 Å². The number of ether oxygens (including phenoxy) is 2. The van der Waals surface area contributed by atoms with Gasteiger partial charge in [-0.25, -0.2) is 9.97 Å². The lowest BCUT2D eigenvalue weighted by Gasteiger charge is -2.03. The van der Waals surface area contributed by atoms with E-state index >= 15 is 0 Å².